The lowest BCUT2D eigenvalue weighted by Gasteiger charge is -2.06. The molecule has 20 heavy (non-hydrogen) atoms. The van der Waals surface area contributed by atoms with Gasteiger partial charge in [0, 0.05) is 12.1 Å². The Hall–Kier alpha value is -2.00. The minimum atomic E-state index is -0.181. The molecule has 1 amide bonds. The first-order valence-corrected chi connectivity index (χ1v) is 6.85. The number of phenols is 1. The topological polar surface area (TPSA) is 49.3 Å². The fraction of sp³-hybridized carbons (Fsp3) is 0.188. The fourth-order valence-electron chi connectivity index (χ4n) is 1.89. The minimum absolute atomic E-state index is 0.0210. The standard InChI is InChI=1S/C16H16ClNO2/c17-14-11-13(8-9-15(14)19)16(20)18-10-4-7-12-5-2-1-3-6-12/h1-3,5-6,8-9,11,19H,4,7,10H2,(H,18,20). The number of aromatic hydroxyl groups is 1. The van der Waals surface area contributed by atoms with Crippen molar-refractivity contribution in [3.63, 3.8) is 0 Å². The van der Waals surface area contributed by atoms with Gasteiger partial charge >= 0.3 is 0 Å². The van der Waals surface area contributed by atoms with Gasteiger partial charge in [-0.1, -0.05) is 41.9 Å². The van der Waals surface area contributed by atoms with Crippen molar-refractivity contribution in [2.24, 2.45) is 0 Å². The summed E-state index contributed by atoms with van der Waals surface area (Å²) in [5.41, 5.74) is 1.71. The smallest absolute Gasteiger partial charge is 0.251 e. The molecule has 0 unspecified atom stereocenters. The lowest BCUT2D eigenvalue weighted by atomic mass is 10.1. The maximum Gasteiger partial charge on any atom is 0.251 e. The second-order valence-corrected chi connectivity index (χ2v) is 4.92. The lowest BCUT2D eigenvalue weighted by Crippen LogP contribution is -2.24. The molecule has 0 bridgehead atoms. The van der Waals surface area contributed by atoms with E-state index in [1.165, 1.54) is 17.7 Å². The molecule has 0 heterocycles. The van der Waals surface area contributed by atoms with Crippen LogP contribution in [-0.2, 0) is 6.42 Å². The SMILES string of the molecule is O=C(NCCCc1ccccc1)c1ccc(O)c(Cl)c1. The molecule has 0 aliphatic rings. The average Bonchev–Trinajstić information content (AvgIpc) is 2.47. The van der Waals surface area contributed by atoms with Crippen molar-refractivity contribution in [1.29, 1.82) is 0 Å². The number of hydrogen-bond acceptors (Lipinski definition) is 2. The van der Waals surface area contributed by atoms with E-state index >= 15 is 0 Å². The van der Waals surface area contributed by atoms with Crippen LogP contribution in [0.5, 0.6) is 5.75 Å². The number of benzene rings is 2. The molecule has 2 aromatic carbocycles. The Kier molecular flexibility index (Phi) is 5.02. The van der Waals surface area contributed by atoms with Crippen molar-refractivity contribution >= 4 is 17.5 Å². The Morgan fingerprint density at radius 2 is 1.90 bits per heavy atom. The summed E-state index contributed by atoms with van der Waals surface area (Å²) in [4.78, 5) is 11.9. The number of rotatable bonds is 5. The van der Waals surface area contributed by atoms with Gasteiger partial charge in [0.15, 0.2) is 0 Å². The van der Waals surface area contributed by atoms with Crippen LogP contribution in [0.2, 0.25) is 5.02 Å². The highest BCUT2D eigenvalue weighted by Crippen LogP contribution is 2.23. The fourth-order valence-corrected chi connectivity index (χ4v) is 2.07. The van der Waals surface area contributed by atoms with Gasteiger partial charge in [-0.05, 0) is 36.6 Å². The summed E-state index contributed by atoms with van der Waals surface area (Å²) in [5, 5.41) is 12.3. The van der Waals surface area contributed by atoms with Gasteiger partial charge in [-0.2, -0.15) is 0 Å². The van der Waals surface area contributed by atoms with E-state index in [1.54, 1.807) is 6.07 Å². The predicted octanol–water partition coefficient (Wildman–Crippen LogP) is 3.41. The zero-order valence-electron chi connectivity index (χ0n) is 11.0. The van der Waals surface area contributed by atoms with E-state index in [1.807, 2.05) is 18.2 Å². The van der Waals surface area contributed by atoms with Crippen molar-refractivity contribution in [3.05, 3.63) is 64.7 Å². The third-order valence-corrected chi connectivity index (χ3v) is 3.28. The number of amides is 1. The molecule has 2 aromatic rings. The Morgan fingerprint density at radius 1 is 1.15 bits per heavy atom. The lowest BCUT2D eigenvalue weighted by molar-refractivity contribution is 0.0953. The number of phenolic OH excluding ortho intramolecular Hbond substituents is 1. The normalized spacial score (nSPS) is 10.2. The Morgan fingerprint density at radius 3 is 2.60 bits per heavy atom. The van der Waals surface area contributed by atoms with Crippen molar-refractivity contribution < 1.29 is 9.90 Å². The summed E-state index contributed by atoms with van der Waals surface area (Å²) in [6.07, 6.45) is 1.80. The Labute approximate surface area is 123 Å². The third kappa shape index (κ3) is 4.00. The Bertz CT molecular complexity index is 584. The molecular formula is C16H16ClNO2. The van der Waals surface area contributed by atoms with E-state index in [0.29, 0.717) is 12.1 Å². The number of carbonyl (C=O) groups excluding carboxylic acids is 1. The molecule has 0 radical (unpaired) electrons. The highest BCUT2D eigenvalue weighted by atomic mass is 35.5. The van der Waals surface area contributed by atoms with Gasteiger partial charge < -0.3 is 10.4 Å². The molecule has 2 rings (SSSR count). The van der Waals surface area contributed by atoms with Crippen LogP contribution in [0.15, 0.2) is 48.5 Å². The molecule has 104 valence electrons. The first-order valence-electron chi connectivity index (χ1n) is 6.47. The van der Waals surface area contributed by atoms with Crippen LogP contribution in [0, 0.1) is 0 Å². The van der Waals surface area contributed by atoms with Gasteiger partial charge in [-0.15, -0.1) is 0 Å². The van der Waals surface area contributed by atoms with E-state index in [9.17, 15) is 9.90 Å². The summed E-state index contributed by atoms with van der Waals surface area (Å²) in [5.74, 6) is -0.202. The first kappa shape index (κ1) is 14.4. The van der Waals surface area contributed by atoms with Crippen molar-refractivity contribution in [2.75, 3.05) is 6.54 Å². The summed E-state index contributed by atoms with van der Waals surface area (Å²) in [7, 11) is 0. The molecule has 0 saturated heterocycles. The van der Waals surface area contributed by atoms with Crippen molar-refractivity contribution in [2.45, 2.75) is 12.8 Å². The highest BCUT2D eigenvalue weighted by molar-refractivity contribution is 6.32. The van der Waals surface area contributed by atoms with E-state index < -0.39 is 0 Å². The average molecular weight is 290 g/mol. The zero-order valence-corrected chi connectivity index (χ0v) is 11.7. The number of carbonyl (C=O) groups is 1. The number of nitrogens with one attached hydrogen (secondary N) is 1. The van der Waals surface area contributed by atoms with Crippen LogP contribution < -0.4 is 5.32 Å². The molecule has 0 aliphatic heterocycles. The van der Waals surface area contributed by atoms with E-state index in [0.717, 1.165) is 12.8 Å². The van der Waals surface area contributed by atoms with Gasteiger partial charge in [0.25, 0.3) is 5.91 Å². The maximum atomic E-state index is 11.9. The van der Waals surface area contributed by atoms with E-state index in [2.05, 4.69) is 17.4 Å². The molecule has 0 aliphatic carbocycles. The molecule has 0 aromatic heterocycles. The second kappa shape index (κ2) is 6.96. The summed E-state index contributed by atoms with van der Waals surface area (Å²) in [6.45, 7) is 0.603. The van der Waals surface area contributed by atoms with Crippen LogP contribution in [0.25, 0.3) is 0 Å². The first-order chi connectivity index (χ1) is 9.66. The van der Waals surface area contributed by atoms with Gasteiger partial charge in [-0.3, -0.25) is 4.79 Å². The predicted molar refractivity (Wildman–Crippen MR) is 80.2 cm³/mol. The minimum Gasteiger partial charge on any atom is -0.506 e. The van der Waals surface area contributed by atoms with Gasteiger partial charge in [0.05, 0.1) is 5.02 Å². The molecule has 0 atom stereocenters. The molecular weight excluding hydrogens is 274 g/mol. The maximum absolute atomic E-state index is 11.9. The third-order valence-electron chi connectivity index (χ3n) is 2.98. The van der Waals surface area contributed by atoms with Gasteiger partial charge in [0.1, 0.15) is 5.75 Å². The molecule has 4 heteroatoms. The number of hydrogen-bond donors (Lipinski definition) is 2. The van der Waals surface area contributed by atoms with Crippen LogP contribution >= 0.6 is 11.6 Å². The summed E-state index contributed by atoms with van der Waals surface area (Å²) < 4.78 is 0. The Balaban J connectivity index is 1.79. The molecule has 0 spiro atoms. The molecule has 3 nitrogen and oxygen atoms in total. The van der Waals surface area contributed by atoms with Crippen LogP contribution in [0.3, 0.4) is 0 Å². The quantitative estimate of drug-likeness (QED) is 0.829. The van der Waals surface area contributed by atoms with Crippen LogP contribution in [-0.4, -0.2) is 17.6 Å². The summed E-state index contributed by atoms with van der Waals surface area (Å²) in [6, 6.07) is 14.6. The van der Waals surface area contributed by atoms with Gasteiger partial charge in [0.2, 0.25) is 0 Å². The number of aryl methyl sites for hydroxylation is 1. The van der Waals surface area contributed by atoms with Gasteiger partial charge in [-0.25, -0.2) is 0 Å². The number of halogens is 1. The van der Waals surface area contributed by atoms with Crippen molar-refractivity contribution in [3.8, 4) is 5.75 Å². The van der Waals surface area contributed by atoms with Crippen molar-refractivity contribution in [1.82, 2.24) is 5.32 Å². The zero-order chi connectivity index (χ0) is 14.4. The molecule has 2 N–H and O–H groups in total. The summed E-state index contributed by atoms with van der Waals surface area (Å²) >= 11 is 5.77. The highest BCUT2D eigenvalue weighted by Gasteiger charge is 2.07. The van der Waals surface area contributed by atoms with E-state index in [-0.39, 0.29) is 16.7 Å². The van der Waals surface area contributed by atoms with E-state index in [4.69, 9.17) is 11.6 Å². The monoisotopic (exact) mass is 289 g/mol. The molecule has 0 saturated carbocycles. The largest absolute Gasteiger partial charge is 0.506 e. The second-order valence-electron chi connectivity index (χ2n) is 4.51. The van der Waals surface area contributed by atoms with Crippen LogP contribution in [0.4, 0.5) is 0 Å². The molecule has 0 fully saturated rings. The van der Waals surface area contributed by atoms with Crippen LogP contribution in [0.1, 0.15) is 22.3 Å².